The molecule has 0 fully saturated rings. The summed E-state index contributed by atoms with van der Waals surface area (Å²) in [6.07, 6.45) is 0. The summed E-state index contributed by atoms with van der Waals surface area (Å²) in [7, 11) is 0. The molecule has 2 nitrogen and oxygen atoms in total. The van der Waals surface area contributed by atoms with E-state index < -0.39 is 0 Å². The van der Waals surface area contributed by atoms with E-state index in [0.29, 0.717) is 0 Å². The van der Waals surface area contributed by atoms with Crippen LogP contribution in [0.15, 0.2) is 194 Å². The van der Waals surface area contributed by atoms with Crippen molar-refractivity contribution in [1.82, 2.24) is 4.57 Å². The zero-order valence-electron chi connectivity index (χ0n) is 27.4. The minimum absolute atomic E-state index is 1.11. The smallest absolute Gasteiger partial charge is 0.0547 e. The predicted octanol–water partition coefficient (Wildman–Crippen LogP) is 13.4. The predicted molar refractivity (Wildman–Crippen MR) is 213 cm³/mol. The van der Waals surface area contributed by atoms with Crippen LogP contribution in [0.25, 0.3) is 70.9 Å². The van der Waals surface area contributed by atoms with E-state index in [1.807, 2.05) is 0 Å². The maximum Gasteiger partial charge on any atom is 0.0547 e. The summed E-state index contributed by atoms with van der Waals surface area (Å²) in [5, 5.41) is 10.1. The van der Waals surface area contributed by atoms with Gasteiger partial charge in [-0.25, -0.2) is 0 Å². The first-order valence-corrected chi connectivity index (χ1v) is 17.2. The van der Waals surface area contributed by atoms with Crippen molar-refractivity contribution in [3.8, 4) is 16.8 Å². The van der Waals surface area contributed by atoms with Crippen LogP contribution >= 0.6 is 0 Å². The molecule has 0 amide bonds. The maximum absolute atomic E-state index is 2.42. The van der Waals surface area contributed by atoms with E-state index in [9.17, 15) is 0 Å². The molecule has 0 saturated heterocycles. The normalized spacial score (nSPS) is 11.6. The molecule has 0 aliphatic rings. The first-order chi connectivity index (χ1) is 24.8. The minimum Gasteiger partial charge on any atom is -0.310 e. The number of nitrogens with zero attached hydrogens (tertiary/aromatic N) is 2. The molecule has 0 radical (unpaired) electrons. The standard InChI is InChI=1S/C48H32N2/c1-3-16-37(17-4-1)49(40-28-29-42-36(32-40)26-25-33-13-7-9-21-41(33)42)39-20-11-15-35(31-39)44-23-12-24-45-48(44)47-43-22-10-8-14-34(43)27-30-46(47)50(45)38-18-5-2-6-19-38/h1-32H. The van der Waals surface area contributed by atoms with Gasteiger partial charge < -0.3 is 9.47 Å². The molecule has 0 saturated carbocycles. The van der Waals surface area contributed by atoms with Gasteiger partial charge in [-0.1, -0.05) is 133 Å². The lowest BCUT2D eigenvalue weighted by molar-refractivity contribution is 1.18. The van der Waals surface area contributed by atoms with Gasteiger partial charge in [0.2, 0.25) is 0 Å². The molecule has 2 heteroatoms. The van der Waals surface area contributed by atoms with Gasteiger partial charge in [0.05, 0.1) is 11.0 Å². The van der Waals surface area contributed by atoms with Crippen LogP contribution in [0.5, 0.6) is 0 Å². The molecule has 10 aromatic rings. The number of hydrogen-bond donors (Lipinski definition) is 0. The van der Waals surface area contributed by atoms with Crippen LogP contribution in [0.3, 0.4) is 0 Å². The van der Waals surface area contributed by atoms with Crippen molar-refractivity contribution >= 4 is 71.2 Å². The van der Waals surface area contributed by atoms with Crippen LogP contribution in [0.1, 0.15) is 0 Å². The van der Waals surface area contributed by atoms with Crippen molar-refractivity contribution < 1.29 is 0 Å². The van der Waals surface area contributed by atoms with Gasteiger partial charge in [-0.3, -0.25) is 0 Å². The van der Waals surface area contributed by atoms with E-state index in [4.69, 9.17) is 0 Å². The van der Waals surface area contributed by atoms with E-state index in [1.165, 1.54) is 65.3 Å². The molecule has 0 aliphatic carbocycles. The topological polar surface area (TPSA) is 8.17 Å². The average molecular weight is 637 g/mol. The molecule has 10 rings (SSSR count). The second-order valence-corrected chi connectivity index (χ2v) is 13.0. The lowest BCUT2D eigenvalue weighted by Gasteiger charge is -2.26. The molecule has 9 aromatic carbocycles. The molecule has 0 bridgehead atoms. The summed E-state index contributed by atoms with van der Waals surface area (Å²) in [4.78, 5) is 2.38. The largest absolute Gasteiger partial charge is 0.310 e. The summed E-state index contributed by atoms with van der Waals surface area (Å²) >= 11 is 0. The third kappa shape index (κ3) is 4.50. The maximum atomic E-state index is 2.42. The van der Waals surface area contributed by atoms with Crippen molar-refractivity contribution in [2.24, 2.45) is 0 Å². The Labute approximate surface area is 290 Å². The number of benzene rings is 9. The van der Waals surface area contributed by atoms with Gasteiger partial charge in [-0.2, -0.15) is 0 Å². The molecule has 234 valence electrons. The van der Waals surface area contributed by atoms with E-state index in [2.05, 4.69) is 204 Å². The van der Waals surface area contributed by atoms with Gasteiger partial charge in [-0.15, -0.1) is 0 Å². The molecule has 0 atom stereocenters. The van der Waals surface area contributed by atoms with Crippen molar-refractivity contribution in [3.63, 3.8) is 0 Å². The number of rotatable bonds is 5. The van der Waals surface area contributed by atoms with E-state index in [1.54, 1.807) is 0 Å². The summed E-state index contributed by atoms with van der Waals surface area (Å²) in [6, 6.07) is 70.4. The van der Waals surface area contributed by atoms with Crippen molar-refractivity contribution in [2.45, 2.75) is 0 Å². The summed E-state index contributed by atoms with van der Waals surface area (Å²) < 4.78 is 2.42. The van der Waals surface area contributed by atoms with Crippen molar-refractivity contribution in [2.75, 3.05) is 4.90 Å². The van der Waals surface area contributed by atoms with Gasteiger partial charge in [0.25, 0.3) is 0 Å². The average Bonchev–Trinajstić information content (AvgIpc) is 3.54. The van der Waals surface area contributed by atoms with E-state index >= 15 is 0 Å². The Balaban J connectivity index is 1.21. The highest BCUT2D eigenvalue weighted by molar-refractivity contribution is 6.25. The molecule has 0 aliphatic heterocycles. The first-order valence-electron chi connectivity index (χ1n) is 17.2. The highest BCUT2D eigenvalue weighted by atomic mass is 15.1. The Hall–Kier alpha value is -6.64. The minimum atomic E-state index is 1.11. The van der Waals surface area contributed by atoms with Gasteiger partial charge in [0, 0.05) is 33.5 Å². The number of anilines is 3. The Kier molecular flexibility index (Phi) is 6.53. The van der Waals surface area contributed by atoms with E-state index in [-0.39, 0.29) is 0 Å². The van der Waals surface area contributed by atoms with Crippen LogP contribution < -0.4 is 4.90 Å². The Morgan fingerprint density at radius 2 is 0.940 bits per heavy atom. The molecule has 1 heterocycles. The van der Waals surface area contributed by atoms with Crippen LogP contribution in [0, 0.1) is 0 Å². The fourth-order valence-corrected chi connectivity index (χ4v) is 7.90. The third-order valence-electron chi connectivity index (χ3n) is 10.1. The van der Waals surface area contributed by atoms with Crippen molar-refractivity contribution in [3.05, 3.63) is 194 Å². The summed E-state index contributed by atoms with van der Waals surface area (Å²) in [5.74, 6) is 0. The second-order valence-electron chi connectivity index (χ2n) is 13.0. The molecule has 0 unspecified atom stereocenters. The van der Waals surface area contributed by atoms with Gasteiger partial charge in [0.1, 0.15) is 0 Å². The van der Waals surface area contributed by atoms with E-state index in [0.717, 1.165) is 22.7 Å². The molecular formula is C48H32N2. The monoisotopic (exact) mass is 636 g/mol. The first kappa shape index (κ1) is 28.4. The third-order valence-corrected chi connectivity index (χ3v) is 10.1. The quantitative estimate of drug-likeness (QED) is 0.171. The van der Waals surface area contributed by atoms with Crippen LogP contribution in [0.4, 0.5) is 17.1 Å². The zero-order valence-corrected chi connectivity index (χ0v) is 27.4. The molecule has 0 N–H and O–H groups in total. The zero-order chi connectivity index (χ0) is 33.0. The summed E-state index contributed by atoms with van der Waals surface area (Å²) in [5.41, 5.74) is 9.33. The number of para-hydroxylation sites is 2. The number of fused-ring (bicyclic) bond motifs is 8. The molecular weight excluding hydrogens is 605 g/mol. The Morgan fingerprint density at radius 3 is 1.78 bits per heavy atom. The lowest BCUT2D eigenvalue weighted by atomic mass is 9.96. The second kappa shape index (κ2) is 11.5. The Bertz CT molecular complexity index is 2870. The van der Waals surface area contributed by atoms with Crippen LogP contribution in [-0.4, -0.2) is 4.57 Å². The fourth-order valence-electron chi connectivity index (χ4n) is 7.90. The Morgan fingerprint density at radius 1 is 0.340 bits per heavy atom. The lowest BCUT2D eigenvalue weighted by Crippen LogP contribution is -2.09. The molecule has 0 spiro atoms. The van der Waals surface area contributed by atoms with Gasteiger partial charge in [-0.05, 0) is 104 Å². The molecule has 1 aromatic heterocycles. The molecule has 50 heavy (non-hydrogen) atoms. The van der Waals surface area contributed by atoms with Gasteiger partial charge in [0.15, 0.2) is 0 Å². The van der Waals surface area contributed by atoms with Gasteiger partial charge >= 0.3 is 0 Å². The highest BCUT2D eigenvalue weighted by Gasteiger charge is 2.20. The SMILES string of the molecule is c1ccc(N(c2cccc(-c3cccc4c3c3c5ccccc5ccc3n4-c3ccccc3)c2)c2ccc3c(ccc4ccccc43)c2)cc1. The number of aromatic nitrogens is 1. The highest BCUT2D eigenvalue weighted by Crippen LogP contribution is 2.44. The van der Waals surface area contributed by atoms with Crippen molar-refractivity contribution in [1.29, 1.82) is 0 Å². The van der Waals surface area contributed by atoms with Crippen LogP contribution in [0.2, 0.25) is 0 Å². The number of hydrogen-bond acceptors (Lipinski definition) is 1. The fraction of sp³-hybridized carbons (Fsp3) is 0. The summed E-state index contributed by atoms with van der Waals surface area (Å²) in [6.45, 7) is 0. The van der Waals surface area contributed by atoms with Crippen LogP contribution in [-0.2, 0) is 0 Å².